The average Bonchev–Trinajstić information content (AvgIpc) is 2.50. The van der Waals surface area contributed by atoms with E-state index in [0.717, 1.165) is 20.4 Å². The third-order valence-corrected chi connectivity index (χ3v) is 3.52. The summed E-state index contributed by atoms with van der Waals surface area (Å²) in [4.78, 5) is 11.8. The fourth-order valence-corrected chi connectivity index (χ4v) is 2.43. The number of nitrogens with zero attached hydrogens (tertiary/aromatic N) is 1. The zero-order chi connectivity index (χ0) is 15.8. The highest BCUT2D eigenvalue weighted by Gasteiger charge is 2.02. The van der Waals surface area contributed by atoms with Crippen LogP contribution in [0.4, 0.5) is 0 Å². The molecule has 5 heteroatoms. The molecule has 0 atom stereocenters. The lowest BCUT2D eigenvalue weighted by Gasteiger charge is -2.04. The van der Waals surface area contributed by atoms with Gasteiger partial charge in [0.1, 0.15) is 5.75 Å². The zero-order valence-electron chi connectivity index (χ0n) is 12.3. The third kappa shape index (κ3) is 5.48. The van der Waals surface area contributed by atoms with Gasteiger partial charge in [0.2, 0.25) is 5.91 Å². The highest BCUT2D eigenvalue weighted by molar-refractivity contribution is 14.1. The van der Waals surface area contributed by atoms with Crippen LogP contribution in [0.5, 0.6) is 5.75 Å². The minimum atomic E-state index is -0.147. The molecule has 2 aromatic rings. The Labute approximate surface area is 143 Å². The molecule has 114 valence electrons. The van der Waals surface area contributed by atoms with Gasteiger partial charge >= 0.3 is 0 Å². The number of carbonyl (C=O) groups is 1. The van der Waals surface area contributed by atoms with Gasteiger partial charge in [-0.25, -0.2) is 5.43 Å². The summed E-state index contributed by atoms with van der Waals surface area (Å²) < 4.78 is 6.49. The summed E-state index contributed by atoms with van der Waals surface area (Å²) in [5.41, 5.74) is 4.41. The first-order valence-electron chi connectivity index (χ1n) is 6.96. The van der Waals surface area contributed by atoms with Crippen LogP contribution in [0.2, 0.25) is 0 Å². The smallest absolute Gasteiger partial charge is 0.244 e. The summed E-state index contributed by atoms with van der Waals surface area (Å²) in [6, 6.07) is 15.4. The van der Waals surface area contributed by atoms with E-state index in [2.05, 4.69) is 33.1 Å². The first-order chi connectivity index (χ1) is 10.7. The van der Waals surface area contributed by atoms with Gasteiger partial charge in [-0.15, -0.1) is 0 Å². The van der Waals surface area contributed by atoms with E-state index in [-0.39, 0.29) is 12.3 Å². The van der Waals surface area contributed by atoms with E-state index in [1.807, 2.05) is 55.5 Å². The number of rotatable bonds is 6. The van der Waals surface area contributed by atoms with Crippen LogP contribution in [-0.2, 0) is 11.2 Å². The Morgan fingerprint density at radius 1 is 1.27 bits per heavy atom. The van der Waals surface area contributed by atoms with Crippen LogP contribution in [0, 0.1) is 3.57 Å². The van der Waals surface area contributed by atoms with Gasteiger partial charge in [-0.2, -0.15) is 5.10 Å². The maximum atomic E-state index is 11.8. The fourth-order valence-electron chi connectivity index (χ4n) is 1.86. The van der Waals surface area contributed by atoms with Gasteiger partial charge in [-0.3, -0.25) is 4.79 Å². The van der Waals surface area contributed by atoms with Crippen LogP contribution in [0.25, 0.3) is 0 Å². The van der Waals surface area contributed by atoms with Crippen LogP contribution < -0.4 is 10.2 Å². The summed E-state index contributed by atoms with van der Waals surface area (Å²) in [6.07, 6.45) is 1.92. The number of hydrazone groups is 1. The molecule has 1 N–H and O–H groups in total. The van der Waals surface area contributed by atoms with Crippen molar-refractivity contribution in [1.29, 1.82) is 0 Å². The normalized spacial score (nSPS) is 10.6. The van der Waals surface area contributed by atoms with Crippen LogP contribution in [0.1, 0.15) is 18.1 Å². The molecule has 0 aromatic heterocycles. The average molecular weight is 408 g/mol. The number of hydrogen-bond donors (Lipinski definition) is 1. The number of ether oxygens (including phenoxy) is 1. The van der Waals surface area contributed by atoms with E-state index in [1.165, 1.54) is 0 Å². The number of halogens is 1. The summed E-state index contributed by atoms with van der Waals surface area (Å²) in [5.74, 6) is 0.661. The molecule has 0 aliphatic rings. The lowest BCUT2D eigenvalue weighted by Crippen LogP contribution is -2.19. The second-order valence-electron chi connectivity index (χ2n) is 4.60. The molecular formula is C17H17IN2O2. The number of carbonyl (C=O) groups excluding carboxylic acids is 1. The van der Waals surface area contributed by atoms with Crippen LogP contribution in [-0.4, -0.2) is 18.7 Å². The molecule has 0 saturated heterocycles. The second-order valence-corrected chi connectivity index (χ2v) is 5.85. The van der Waals surface area contributed by atoms with Crippen molar-refractivity contribution in [3.8, 4) is 5.75 Å². The van der Waals surface area contributed by atoms with E-state index in [0.29, 0.717) is 6.61 Å². The molecule has 22 heavy (non-hydrogen) atoms. The quantitative estimate of drug-likeness (QED) is 0.453. The molecule has 0 saturated carbocycles. The number of hydrogen-bond acceptors (Lipinski definition) is 3. The minimum Gasteiger partial charge on any atom is -0.494 e. The topological polar surface area (TPSA) is 50.7 Å². The largest absolute Gasteiger partial charge is 0.494 e. The van der Waals surface area contributed by atoms with Crippen molar-refractivity contribution in [2.45, 2.75) is 13.3 Å². The van der Waals surface area contributed by atoms with Crippen molar-refractivity contribution in [3.63, 3.8) is 0 Å². The van der Waals surface area contributed by atoms with E-state index in [9.17, 15) is 4.79 Å². The van der Waals surface area contributed by atoms with Gasteiger partial charge < -0.3 is 4.74 Å². The first-order valence-corrected chi connectivity index (χ1v) is 8.04. The summed E-state index contributed by atoms with van der Waals surface area (Å²) >= 11 is 2.23. The zero-order valence-corrected chi connectivity index (χ0v) is 14.4. The summed E-state index contributed by atoms with van der Waals surface area (Å²) in [5, 5.41) is 3.97. The molecule has 4 nitrogen and oxygen atoms in total. The molecule has 0 unspecified atom stereocenters. The van der Waals surface area contributed by atoms with Crippen molar-refractivity contribution in [3.05, 3.63) is 63.2 Å². The van der Waals surface area contributed by atoms with Gasteiger partial charge in [0.25, 0.3) is 0 Å². The van der Waals surface area contributed by atoms with E-state index < -0.39 is 0 Å². The van der Waals surface area contributed by atoms with Crippen LogP contribution >= 0.6 is 22.6 Å². The summed E-state index contributed by atoms with van der Waals surface area (Å²) in [7, 11) is 0. The molecule has 0 spiro atoms. The van der Waals surface area contributed by atoms with Crippen molar-refractivity contribution in [2.75, 3.05) is 6.61 Å². The molecule has 2 rings (SSSR count). The van der Waals surface area contributed by atoms with Gasteiger partial charge in [0, 0.05) is 3.57 Å². The van der Waals surface area contributed by atoms with Crippen molar-refractivity contribution in [1.82, 2.24) is 5.43 Å². The molecule has 0 fully saturated rings. The van der Waals surface area contributed by atoms with Gasteiger partial charge in [0.15, 0.2) is 0 Å². The van der Waals surface area contributed by atoms with E-state index in [4.69, 9.17) is 4.74 Å². The van der Waals surface area contributed by atoms with Crippen molar-refractivity contribution in [2.24, 2.45) is 5.10 Å². The van der Waals surface area contributed by atoms with Crippen molar-refractivity contribution >= 4 is 34.7 Å². The number of benzene rings is 2. The Hall–Kier alpha value is -1.89. The Balaban J connectivity index is 1.85. The highest BCUT2D eigenvalue weighted by Crippen LogP contribution is 2.12. The maximum absolute atomic E-state index is 11.8. The molecule has 0 bridgehead atoms. The lowest BCUT2D eigenvalue weighted by atomic mass is 10.1. The van der Waals surface area contributed by atoms with Gasteiger partial charge in [-0.1, -0.05) is 24.3 Å². The SMILES string of the molecule is CCOc1ccc(CC(=O)N/N=C/c2cccc(I)c2)cc1. The molecule has 0 aliphatic heterocycles. The Morgan fingerprint density at radius 3 is 2.73 bits per heavy atom. The maximum Gasteiger partial charge on any atom is 0.244 e. The van der Waals surface area contributed by atoms with Crippen LogP contribution in [0.15, 0.2) is 53.6 Å². The predicted octanol–water partition coefficient (Wildman–Crippen LogP) is 3.38. The van der Waals surface area contributed by atoms with Gasteiger partial charge in [-0.05, 0) is 64.9 Å². The molecule has 0 aliphatic carbocycles. The predicted molar refractivity (Wildman–Crippen MR) is 96.2 cm³/mol. The van der Waals surface area contributed by atoms with Crippen molar-refractivity contribution < 1.29 is 9.53 Å². The molecule has 0 heterocycles. The number of nitrogens with one attached hydrogen (secondary N) is 1. The first kappa shape index (κ1) is 16.5. The monoisotopic (exact) mass is 408 g/mol. The van der Waals surface area contributed by atoms with E-state index in [1.54, 1.807) is 6.21 Å². The lowest BCUT2D eigenvalue weighted by molar-refractivity contribution is -0.120. The molecular weight excluding hydrogens is 391 g/mol. The molecule has 1 amide bonds. The fraction of sp³-hybridized carbons (Fsp3) is 0.176. The highest BCUT2D eigenvalue weighted by atomic mass is 127. The second kappa shape index (κ2) is 8.53. The van der Waals surface area contributed by atoms with E-state index >= 15 is 0 Å². The van der Waals surface area contributed by atoms with Crippen LogP contribution in [0.3, 0.4) is 0 Å². The Morgan fingerprint density at radius 2 is 2.05 bits per heavy atom. The van der Waals surface area contributed by atoms with Gasteiger partial charge in [0.05, 0.1) is 19.2 Å². The standard InChI is InChI=1S/C17H17IN2O2/c1-2-22-16-8-6-13(7-9-16)11-17(21)20-19-12-14-4-3-5-15(18)10-14/h3-10,12H,2,11H2,1H3,(H,20,21)/b19-12+. The number of amides is 1. The molecule has 2 aromatic carbocycles. The Kier molecular flexibility index (Phi) is 6.39. The summed E-state index contributed by atoms with van der Waals surface area (Å²) in [6.45, 7) is 2.57. The third-order valence-electron chi connectivity index (χ3n) is 2.85. The molecule has 0 radical (unpaired) electrons. The Bertz CT molecular complexity index is 654. The minimum absolute atomic E-state index is 0.147.